The van der Waals surface area contributed by atoms with Crippen molar-refractivity contribution in [1.29, 1.82) is 0 Å². The molecule has 0 heterocycles. The molecule has 0 saturated heterocycles. The molecule has 0 aliphatic rings. The maximum absolute atomic E-state index is 12.1. The Labute approximate surface area is 130 Å². The van der Waals surface area contributed by atoms with E-state index in [0.717, 1.165) is 0 Å². The molecule has 0 saturated carbocycles. The quantitative estimate of drug-likeness (QED) is 0.754. The summed E-state index contributed by atoms with van der Waals surface area (Å²) in [6, 6.07) is 6.69. The van der Waals surface area contributed by atoms with E-state index in [2.05, 4.69) is 10.6 Å². The number of amides is 2. The molecule has 22 heavy (non-hydrogen) atoms. The van der Waals surface area contributed by atoms with Gasteiger partial charge >= 0.3 is 5.97 Å². The van der Waals surface area contributed by atoms with Gasteiger partial charge in [-0.25, -0.2) is 0 Å². The number of hydrogen-bond donors (Lipinski definition) is 2. The van der Waals surface area contributed by atoms with Crippen LogP contribution in [0, 0.1) is 5.92 Å². The number of hydrogen-bond acceptors (Lipinski definition) is 4. The number of carbonyl (C=O) groups is 3. The van der Waals surface area contributed by atoms with Crippen LogP contribution in [0.3, 0.4) is 0 Å². The molecule has 2 amide bonds. The van der Waals surface area contributed by atoms with Crippen molar-refractivity contribution in [1.82, 2.24) is 5.32 Å². The van der Waals surface area contributed by atoms with E-state index in [1.807, 2.05) is 13.8 Å². The summed E-state index contributed by atoms with van der Waals surface area (Å²) in [5, 5.41) is 5.38. The zero-order valence-electron chi connectivity index (χ0n) is 13.1. The molecule has 120 valence electrons. The molecule has 6 nitrogen and oxygen atoms in total. The third-order valence-corrected chi connectivity index (χ3v) is 2.77. The highest BCUT2D eigenvalue weighted by atomic mass is 16.5. The van der Waals surface area contributed by atoms with E-state index in [4.69, 9.17) is 4.74 Å². The first-order valence-corrected chi connectivity index (χ1v) is 7.26. The summed E-state index contributed by atoms with van der Waals surface area (Å²) in [4.78, 5) is 34.9. The number of nitrogens with one attached hydrogen (secondary N) is 2. The minimum atomic E-state index is -0.481. The molecular formula is C16H22N2O4. The molecule has 2 N–H and O–H groups in total. The van der Waals surface area contributed by atoms with E-state index in [1.54, 1.807) is 31.2 Å². The lowest BCUT2D eigenvalue weighted by molar-refractivity contribution is -0.146. The number of anilines is 1. The lowest BCUT2D eigenvalue weighted by Crippen LogP contribution is -2.29. The first kappa shape index (κ1) is 17.7. The lowest BCUT2D eigenvalue weighted by atomic mass is 10.1. The van der Waals surface area contributed by atoms with Crippen LogP contribution in [-0.2, 0) is 14.3 Å². The molecule has 0 unspecified atom stereocenters. The summed E-state index contributed by atoms with van der Waals surface area (Å²) >= 11 is 0. The highest BCUT2D eigenvalue weighted by Crippen LogP contribution is 2.15. The summed E-state index contributed by atoms with van der Waals surface area (Å²) < 4.78 is 4.75. The monoisotopic (exact) mass is 306 g/mol. The Morgan fingerprint density at radius 1 is 1.18 bits per heavy atom. The summed E-state index contributed by atoms with van der Waals surface area (Å²) in [5.74, 6) is -0.849. The topological polar surface area (TPSA) is 84.5 Å². The largest absolute Gasteiger partial charge is 0.456 e. The fraction of sp³-hybridized carbons (Fsp3) is 0.438. The van der Waals surface area contributed by atoms with Gasteiger partial charge in [0.05, 0.1) is 11.3 Å². The second-order valence-electron chi connectivity index (χ2n) is 5.21. The zero-order valence-corrected chi connectivity index (χ0v) is 13.1. The molecule has 0 radical (unpaired) electrons. The van der Waals surface area contributed by atoms with Crippen molar-refractivity contribution in [3.8, 4) is 0 Å². The molecule has 1 aromatic rings. The molecular weight excluding hydrogens is 284 g/mol. The molecule has 6 heteroatoms. The van der Waals surface area contributed by atoms with Gasteiger partial charge in [0.2, 0.25) is 0 Å². The number of ether oxygens (including phenoxy) is 1. The summed E-state index contributed by atoms with van der Waals surface area (Å²) in [5.41, 5.74) is 0.764. The van der Waals surface area contributed by atoms with E-state index in [1.165, 1.54) is 0 Å². The van der Waals surface area contributed by atoms with Gasteiger partial charge < -0.3 is 15.4 Å². The number of rotatable bonds is 7. The molecule has 0 aromatic heterocycles. The third kappa shape index (κ3) is 5.95. The van der Waals surface area contributed by atoms with Crippen molar-refractivity contribution in [2.45, 2.75) is 27.2 Å². The highest BCUT2D eigenvalue weighted by Gasteiger charge is 2.14. The minimum absolute atomic E-state index is 0.210. The number of esters is 1. The molecule has 0 aliphatic carbocycles. The van der Waals surface area contributed by atoms with Gasteiger partial charge in [0.1, 0.15) is 0 Å². The number of para-hydroxylation sites is 1. The minimum Gasteiger partial charge on any atom is -0.456 e. The van der Waals surface area contributed by atoms with Gasteiger partial charge in [-0.1, -0.05) is 32.9 Å². The highest BCUT2D eigenvalue weighted by molar-refractivity contribution is 6.04. The molecule has 0 bridgehead atoms. The number of benzene rings is 1. The van der Waals surface area contributed by atoms with Gasteiger partial charge in [-0.15, -0.1) is 0 Å². The van der Waals surface area contributed by atoms with Crippen molar-refractivity contribution in [3.05, 3.63) is 29.8 Å². The van der Waals surface area contributed by atoms with Crippen molar-refractivity contribution in [2.75, 3.05) is 18.5 Å². The second-order valence-corrected chi connectivity index (χ2v) is 5.21. The molecule has 0 atom stereocenters. The predicted molar refractivity (Wildman–Crippen MR) is 83.5 cm³/mol. The SMILES string of the molecule is CCC(=O)OCC(=O)Nc1ccccc1C(=O)NCC(C)C. The summed E-state index contributed by atoms with van der Waals surface area (Å²) in [7, 11) is 0. The van der Waals surface area contributed by atoms with E-state index in [0.29, 0.717) is 23.7 Å². The fourth-order valence-electron chi connectivity index (χ4n) is 1.62. The van der Waals surface area contributed by atoms with Crippen molar-refractivity contribution < 1.29 is 19.1 Å². The molecule has 1 rings (SSSR count). The molecule has 0 fully saturated rings. The van der Waals surface area contributed by atoms with Gasteiger partial charge in [0, 0.05) is 13.0 Å². The van der Waals surface area contributed by atoms with Gasteiger partial charge in [-0.05, 0) is 18.1 Å². The first-order chi connectivity index (χ1) is 10.4. The van der Waals surface area contributed by atoms with Crippen LogP contribution in [0.15, 0.2) is 24.3 Å². The zero-order chi connectivity index (χ0) is 16.5. The fourth-order valence-corrected chi connectivity index (χ4v) is 1.62. The second kappa shape index (κ2) is 8.81. The van der Waals surface area contributed by atoms with Crippen molar-refractivity contribution in [2.24, 2.45) is 5.92 Å². The summed E-state index contributed by atoms with van der Waals surface area (Å²) in [6.45, 7) is 5.82. The standard InChI is InChI=1S/C16H22N2O4/c1-4-15(20)22-10-14(19)18-13-8-6-5-7-12(13)16(21)17-9-11(2)3/h5-8,11H,4,9-10H2,1-3H3,(H,17,21)(H,18,19). The maximum Gasteiger partial charge on any atom is 0.306 e. The van der Waals surface area contributed by atoms with Gasteiger partial charge in [-0.3, -0.25) is 14.4 Å². The van der Waals surface area contributed by atoms with Crippen molar-refractivity contribution in [3.63, 3.8) is 0 Å². The Hall–Kier alpha value is -2.37. The van der Waals surface area contributed by atoms with Crippen LogP contribution in [0.25, 0.3) is 0 Å². The maximum atomic E-state index is 12.1. The predicted octanol–water partition coefficient (Wildman–Crippen LogP) is 1.96. The van der Waals surface area contributed by atoms with Crippen LogP contribution in [0.5, 0.6) is 0 Å². The van der Waals surface area contributed by atoms with Gasteiger partial charge in [0.25, 0.3) is 11.8 Å². The Balaban J connectivity index is 2.69. The summed E-state index contributed by atoms with van der Waals surface area (Å²) in [6.07, 6.45) is 0.210. The van der Waals surface area contributed by atoms with Crippen LogP contribution in [0.1, 0.15) is 37.6 Å². The normalized spacial score (nSPS) is 10.2. The van der Waals surface area contributed by atoms with Crippen molar-refractivity contribution >= 4 is 23.5 Å². The molecule has 1 aromatic carbocycles. The van der Waals surface area contributed by atoms with E-state index < -0.39 is 11.9 Å². The van der Waals surface area contributed by atoms with Gasteiger partial charge in [-0.2, -0.15) is 0 Å². The van der Waals surface area contributed by atoms with Crippen LogP contribution in [0.2, 0.25) is 0 Å². The molecule has 0 spiro atoms. The van der Waals surface area contributed by atoms with Crippen LogP contribution in [0.4, 0.5) is 5.69 Å². The van der Waals surface area contributed by atoms with E-state index >= 15 is 0 Å². The van der Waals surface area contributed by atoms with Crippen LogP contribution in [-0.4, -0.2) is 30.9 Å². The van der Waals surface area contributed by atoms with Crippen LogP contribution >= 0.6 is 0 Å². The first-order valence-electron chi connectivity index (χ1n) is 7.26. The Morgan fingerprint density at radius 2 is 1.86 bits per heavy atom. The average molecular weight is 306 g/mol. The average Bonchev–Trinajstić information content (AvgIpc) is 2.50. The van der Waals surface area contributed by atoms with Crippen LogP contribution < -0.4 is 10.6 Å². The van der Waals surface area contributed by atoms with Gasteiger partial charge in [0.15, 0.2) is 6.61 Å². The van der Waals surface area contributed by atoms with E-state index in [-0.39, 0.29) is 18.9 Å². The Morgan fingerprint density at radius 3 is 2.50 bits per heavy atom. The van der Waals surface area contributed by atoms with E-state index in [9.17, 15) is 14.4 Å². The third-order valence-electron chi connectivity index (χ3n) is 2.77. The molecule has 0 aliphatic heterocycles. The Bertz CT molecular complexity index is 541. The Kier molecular flexibility index (Phi) is 7.08. The lowest BCUT2D eigenvalue weighted by Gasteiger charge is -2.12. The smallest absolute Gasteiger partial charge is 0.306 e. The number of carbonyl (C=O) groups excluding carboxylic acids is 3.